The second-order valence-electron chi connectivity index (χ2n) is 20.4. The van der Waals surface area contributed by atoms with Gasteiger partial charge >= 0.3 is 24.0 Å². The van der Waals surface area contributed by atoms with Gasteiger partial charge in [-0.1, -0.05) is 74.5 Å². The highest BCUT2D eigenvalue weighted by atomic mass is 16.6. The summed E-state index contributed by atoms with van der Waals surface area (Å²) in [7, 11) is 4.37. The van der Waals surface area contributed by atoms with Gasteiger partial charge in [0.05, 0.1) is 36.7 Å². The molecule has 8 rings (SSSR count). The van der Waals surface area contributed by atoms with Gasteiger partial charge in [0, 0.05) is 45.0 Å². The minimum atomic E-state index is -2.22. The molecule has 3 aromatic carbocycles. The van der Waals surface area contributed by atoms with Gasteiger partial charge in [0.25, 0.3) is 0 Å². The molecular formula is C53H63NO15. The maximum absolute atomic E-state index is 15.8. The molecule has 370 valence electrons. The second kappa shape index (κ2) is 18.3. The minimum Gasteiger partial charge on any atom is -0.497 e. The molecule has 2 aliphatic heterocycles. The molecule has 4 fully saturated rings. The average Bonchev–Trinajstić information content (AvgIpc) is 3.72. The number of hydrogen-bond donors (Lipinski definition) is 1. The van der Waals surface area contributed by atoms with E-state index in [0.29, 0.717) is 28.0 Å². The maximum Gasteiger partial charge on any atom is 0.413 e. The number of rotatable bonds is 10. The number of aliphatic hydroxyl groups is 1. The summed E-state index contributed by atoms with van der Waals surface area (Å²) in [4.78, 5) is 74.6. The molecule has 3 aromatic rings. The fraction of sp³-hybridized carbons (Fsp3) is 0.528. The van der Waals surface area contributed by atoms with Gasteiger partial charge in [0.2, 0.25) is 0 Å². The number of Topliss-reactive ketones (excluding diaryl/α,β-unsaturated/α-hetero) is 1. The van der Waals surface area contributed by atoms with Gasteiger partial charge in [-0.3, -0.25) is 14.5 Å². The van der Waals surface area contributed by atoms with Crippen LogP contribution in [0.25, 0.3) is 0 Å². The van der Waals surface area contributed by atoms with Crippen molar-refractivity contribution in [3.63, 3.8) is 0 Å². The van der Waals surface area contributed by atoms with E-state index < -0.39 is 112 Å². The van der Waals surface area contributed by atoms with Crippen LogP contribution in [-0.2, 0) is 52.3 Å². The van der Waals surface area contributed by atoms with E-state index >= 15 is 9.59 Å². The topological polar surface area (TPSA) is 192 Å². The Kier molecular flexibility index (Phi) is 13.2. The zero-order chi connectivity index (χ0) is 50.0. The number of hydrogen-bond acceptors (Lipinski definition) is 15. The highest BCUT2D eigenvalue weighted by Crippen LogP contribution is 2.65. The fourth-order valence-corrected chi connectivity index (χ4v) is 11.8. The van der Waals surface area contributed by atoms with Crippen LogP contribution in [0.5, 0.6) is 5.75 Å². The Labute approximate surface area is 402 Å². The van der Waals surface area contributed by atoms with Crippen LogP contribution in [0.1, 0.15) is 102 Å². The molecule has 69 heavy (non-hydrogen) atoms. The van der Waals surface area contributed by atoms with Crippen molar-refractivity contribution < 1.29 is 71.7 Å². The van der Waals surface area contributed by atoms with Crippen molar-refractivity contribution in [3.8, 4) is 5.75 Å². The quantitative estimate of drug-likeness (QED) is 0.124. The molecule has 12 atom stereocenters. The number of carbonyl (C=O) groups excluding carboxylic acids is 5. The largest absolute Gasteiger partial charge is 0.497 e. The lowest BCUT2D eigenvalue weighted by Gasteiger charge is -2.67. The van der Waals surface area contributed by atoms with Crippen molar-refractivity contribution in [3.05, 3.63) is 113 Å². The van der Waals surface area contributed by atoms with Gasteiger partial charge in [-0.15, -0.1) is 0 Å². The smallest absolute Gasteiger partial charge is 0.413 e. The minimum absolute atomic E-state index is 0.125. The van der Waals surface area contributed by atoms with Crippen molar-refractivity contribution in [2.45, 2.75) is 134 Å². The first-order valence-electron chi connectivity index (χ1n) is 23.2. The van der Waals surface area contributed by atoms with Crippen LogP contribution in [0, 0.1) is 16.7 Å². The molecule has 2 bridgehead atoms. The van der Waals surface area contributed by atoms with Crippen molar-refractivity contribution in [1.29, 1.82) is 0 Å². The summed E-state index contributed by atoms with van der Waals surface area (Å²) >= 11 is 0. The Hall–Kier alpha value is -5.65. The molecule has 2 saturated heterocycles. The number of amides is 1. The molecule has 2 heterocycles. The molecule has 1 amide bonds. The van der Waals surface area contributed by atoms with Crippen LogP contribution in [0.3, 0.4) is 0 Å². The summed E-state index contributed by atoms with van der Waals surface area (Å²) in [6, 6.07) is 22.9. The lowest BCUT2D eigenvalue weighted by atomic mass is 9.44. The number of methoxy groups -OCH3 is 3. The van der Waals surface area contributed by atoms with E-state index in [0.717, 1.165) is 0 Å². The predicted octanol–water partition coefficient (Wildman–Crippen LogP) is 7.03. The first kappa shape index (κ1) is 49.8. The first-order chi connectivity index (χ1) is 32.6. The van der Waals surface area contributed by atoms with Crippen molar-refractivity contribution >= 4 is 29.8 Å². The van der Waals surface area contributed by atoms with Crippen LogP contribution in [0.15, 0.2) is 96.1 Å². The van der Waals surface area contributed by atoms with Crippen molar-refractivity contribution in [2.24, 2.45) is 16.7 Å². The highest BCUT2D eigenvalue weighted by molar-refractivity contribution is 5.94. The van der Waals surface area contributed by atoms with Gasteiger partial charge in [-0.25, -0.2) is 14.4 Å². The van der Waals surface area contributed by atoms with Crippen molar-refractivity contribution in [1.82, 2.24) is 4.90 Å². The molecule has 2 saturated carbocycles. The highest BCUT2D eigenvalue weighted by Gasteiger charge is 2.78. The molecule has 3 aliphatic carbocycles. The number of nitrogens with zero attached hydrogens (tertiary/aromatic N) is 1. The fourth-order valence-electron chi connectivity index (χ4n) is 11.8. The van der Waals surface area contributed by atoms with E-state index in [-0.39, 0.29) is 25.0 Å². The van der Waals surface area contributed by atoms with E-state index in [1.54, 1.807) is 133 Å². The van der Waals surface area contributed by atoms with Gasteiger partial charge in [0.1, 0.15) is 47.4 Å². The molecule has 2 unspecified atom stereocenters. The predicted molar refractivity (Wildman–Crippen MR) is 246 cm³/mol. The summed E-state index contributed by atoms with van der Waals surface area (Å²) < 4.78 is 55.9. The SMILES string of the molecule is COc1ccc(C2O[C@H](C(=O)O[C@H]3C[C@@]4(O)[C@@H](OC(=O)c5ccccc5)[C@@H]5[C@]6(OC(C)=O)CO[C@@H]6CC(OC)[C@@]5(C)C(=O)[C@H](OC)C(=C3C)C4(C)C)[C@H](c3ccccc3)N2C(=O)OC(C)(C)C)cc1. The Morgan fingerprint density at radius 2 is 1.48 bits per heavy atom. The molecule has 1 N–H and O–H groups in total. The summed E-state index contributed by atoms with van der Waals surface area (Å²) in [6.07, 6.45) is -9.71. The average molecular weight is 954 g/mol. The van der Waals surface area contributed by atoms with E-state index in [2.05, 4.69) is 0 Å². The number of ketones is 1. The summed E-state index contributed by atoms with van der Waals surface area (Å²) in [5.74, 6) is -3.65. The van der Waals surface area contributed by atoms with Crippen LogP contribution in [-0.4, -0.2) is 121 Å². The lowest BCUT2D eigenvalue weighted by molar-refractivity contribution is -0.347. The zero-order valence-electron chi connectivity index (χ0n) is 41.0. The Balaban J connectivity index is 1.29. The summed E-state index contributed by atoms with van der Waals surface area (Å²) in [5, 5.41) is 14.0. The summed E-state index contributed by atoms with van der Waals surface area (Å²) in [5.41, 5.74) is -5.96. The van der Waals surface area contributed by atoms with Crippen LogP contribution in [0.2, 0.25) is 0 Å². The van der Waals surface area contributed by atoms with Gasteiger partial charge in [-0.05, 0) is 75.6 Å². The standard InChI is InChI=1S/C53H63NO15/c1-29-35(65-47(58)41-39(31-18-14-12-15-19-31)54(48(59)69-49(3,4)5)45(66-41)32-22-24-34(61-9)25-23-32)27-53(60)44(67-46(57)33-20-16-13-17-21-33)42-51(8,43(56)40(63-11)38(29)50(53,6)7)36(62-10)26-37-52(42,28-64-37)68-30(2)55/h12-25,35-37,39-42,44-45,60H,26-28H2,1-11H3/t35-,36?,37+,39-,40+,41-,42-,44-,45?,51+,52-,53+/m0/s1. The van der Waals surface area contributed by atoms with Gasteiger partial charge in [-0.2, -0.15) is 0 Å². The van der Waals surface area contributed by atoms with Crippen molar-refractivity contribution in [2.75, 3.05) is 27.9 Å². The number of carbonyl (C=O) groups is 5. The Morgan fingerprint density at radius 1 is 0.841 bits per heavy atom. The lowest BCUT2D eigenvalue weighted by Crippen LogP contribution is -2.82. The third-order valence-corrected chi connectivity index (χ3v) is 15.1. The third-order valence-electron chi connectivity index (χ3n) is 15.1. The van der Waals surface area contributed by atoms with Gasteiger partial charge < -0.3 is 47.7 Å². The number of fused-ring (bicyclic) bond motifs is 5. The van der Waals surface area contributed by atoms with Crippen LogP contribution >= 0.6 is 0 Å². The van der Waals surface area contributed by atoms with Crippen LogP contribution < -0.4 is 4.74 Å². The molecule has 16 heteroatoms. The van der Waals surface area contributed by atoms with E-state index in [1.807, 2.05) is 0 Å². The van der Waals surface area contributed by atoms with E-state index in [9.17, 15) is 19.5 Å². The normalized spacial score (nSPS) is 33.7. The number of ether oxygens (including phenoxy) is 9. The molecule has 5 aliphatic rings. The summed E-state index contributed by atoms with van der Waals surface area (Å²) in [6.45, 7) is 13.1. The van der Waals surface area contributed by atoms with Gasteiger partial charge in [0.15, 0.2) is 23.7 Å². The van der Waals surface area contributed by atoms with Crippen LogP contribution in [0.4, 0.5) is 4.79 Å². The Morgan fingerprint density at radius 3 is 2.03 bits per heavy atom. The second-order valence-corrected chi connectivity index (χ2v) is 20.4. The maximum atomic E-state index is 15.8. The molecular weight excluding hydrogens is 891 g/mol. The molecule has 0 radical (unpaired) electrons. The molecule has 0 spiro atoms. The monoisotopic (exact) mass is 953 g/mol. The third kappa shape index (κ3) is 8.21. The van der Waals surface area contributed by atoms with E-state index in [1.165, 1.54) is 33.2 Å². The molecule has 0 aromatic heterocycles. The zero-order valence-corrected chi connectivity index (χ0v) is 41.0. The number of benzene rings is 3. The number of esters is 3. The van der Waals surface area contributed by atoms with E-state index in [4.69, 9.17) is 42.6 Å². The molecule has 16 nitrogen and oxygen atoms in total. The first-order valence-corrected chi connectivity index (χ1v) is 23.2. The Bertz CT molecular complexity index is 2490.